The minimum atomic E-state index is 0.118. The van der Waals surface area contributed by atoms with Crippen molar-refractivity contribution in [3.63, 3.8) is 0 Å². The van der Waals surface area contributed by atoms with E-state index >= 15 is 0 Å². The normalized spacial score (nSPS) is 10.0. The summed E-state index contributed by atoms with van der Waals surface area (Å²) >= 11 is 0. The van der Waals surface area contributed by atoms with E-state index in [2.05, 4.69) is 4.98 Å². The molecule has 0 saturated carbocycles. The Morgan fingerprint density at radius 2 is 1.88 bits per heavy atom. The van der Waals surface area contributed by atoms with Gasteiger partial charge in [0.2, 0.25) is 0 Å². The molecule has 0 aliphatic rings. The summed E-state index contributed by atoms with van der Waals surface area (Å²) in [6.07, 6.45) is 3.05. The van der Waals surface area contributed by atoms with E-state index < -0.39 is 0 Å². The molecule has 88 valence electrons. The first-order chi connectivity index (χ1) is 8.24. The summed E-state index contributed by atoms with van der Waals surface area (Å²) in [5, 5.41) is 9.43. The van der Waals surface area contributed by atoms with Crippen LogP contribution in [0.25, 0.3) is 11.1 Å². The van der Waals surface area contributed by atoms with Gasteiger partial charge in [-0.2, -0.15) is 0 Å². The molecule has 17 heavy (non-hydrogen) atoms. The van der Waals surface area contributed by atoms with Crippen LogP contribution in [0.15, 0.2) is 36.7 Å². The maximum absolute atomic E-state index is 9.43. The highest BCUT2D eigenvalue weighted by Crippen LogP contribution is 2.33. The van der Waals surface area contributed by atoms with E-state index in [-0.39, 0.29) is 5.75 Å². The number of nitrogens with zero attached hydrogens (tertiary/aromatic N) is 1. The molecule has 1 aromatic heterocycles. The van der Waals surface area contributed by atoms with E-state index in [4.69, 9.17) is 9.47 Å². The Hall–Kier alpha value is -2.23. The Balaban J connectivity index is 2.56. The number of hydrogen-bond donors (Lipinski definition) is 1. The summed E-state index contributed by atoms with van der Waals surface area (Å²) in [7, 11) is 3.20. The first-order valence-electron chi connectivity index (χ1n) is 5.11. The van der Waals surface area contributed by atoms with Gasteiger partial charge in [-0.15, -0.1) is 0 Å². The van der Waals surface area contributed by atoms with Gasteiger partial charge in [0.25, 0.3) is 0 Å². The van der Waals surface area contributed by atoms with Crippen LogP contribution in [-0.4, -0.2) is 24.3 Å². The first-order valence-corrected chi connectivity index (χ1v) is 5.11. The zero-order valence-electron chi connectivity index (χ0n) is 9.68. The fourth-order valence-corrected chi connectivity index (χ4v) is 1.61. The molecular weight excluding hydrogens is 218 g/mol. The lowest BCUT2D eigenvalue weighted by Crippen LogP contribution is -1.90. The van der Waals surface area contributed by atoms with Gasteiger partial charge in [-0.25, -0.2) is 0 Å². The highest BCUT2D eigenvalue weighted by Gasteiger charge is 2.08. The van der Waals surface area contributed by atoms with Crippen molar-refractivity contribution in [3.05, 3.63) is 36.7 Å². The summed E-state index contributed by atoms with van der Waals surface area (Å²) in [5.74, 6) is 1.55. The molecule has 1 aromatic carbocycles. The minimum Gasteiger partial charge on any atom is -0.506 e. The molecule has 0 atom stereocenters. The lowest BCUT2D eigenvalue weighted by molar-refractivity contribution is 0.404. The zero-order chi connectivity index (χ0) is 12.3. The van der Waals surface area contributed by atoms with Crippen LogP contribution in [0.4, 0.5) is 0 Å². The number of methoxy groups -OCH3 is 2. The molecule has 4 heteroatoms. The second-order valence-electron chi connectivity index (χ2n) is 3.50. The molecule has 0 unspecified atom stereocenters. The third kappa shape index (κ3) is 2.30. The Morgan fingerprint density at radius 1 is 1.06 bits per heavy atom. The van der Waals surface area contributed by atoms with Crippen molar-refractivity contribution in [2.24, 2.45) is 0 Å². The lowest BCUT2D eigenvalue weighted by Gasteiger charge is -2.10. The average Bonchev–Trinajstić information content (AvgIpc) is 2.38. The summed E-state index contributed by atoms with van der Waals surface area (Å²) in [4.78, 5) is 3.95. The molecule has 0 saturated heterocycles. The Morgan fingerprint density at radius 3 is 2.53 bits per heavy atom. The molecule has 0 bridgehead atoms. The van der Waals surface area contributed by atoms with Gasteiger partial charge < -0.3 is 14.6 Å². The maximum atomic E-state index is 9.43. The molecule has 0 fully saturated rings. The number of hydrogen-bond acceptors (Lipinski definition) is 4. The predicted octanol–water partition coefficient (Wildman–Crippen LogP) is 2.47. The molecule has 2 rings (SSSR count). The molecule has 4 nitrogen and oxygen atoms in total. The number of benzene rings is 1. The van der Waals surface area contributed by atoms with Crippen LogP contribution in [0.3, 0.4) is 0 Å². The largest absolute Gasteiger partial charge is 0.506 e. The first kappa shape index (κ1) is 11.3. The number of aromatic hydroxyl groups is 1. The van der Waals surface area contributed by atoms with Crippen molar-refractivity contribution in [3.8, 4) is 28.4 Å². The van der Waals surface area contributed by atoms with Crippen molar-refractivity contribution in [2.75, 3.05) is 14.2 Å². The Labute approximate surface area is 99.5 Å². The number of aromatic nitrogens is 1. The second kappa shape index (κ2) is 4.74. The zero-order valence-corrected chi connectivity index (χ0v) is 9.68. The molecule has 0 aliphatic carbocycles. The molecule has 0 aliphatic heterocycles. The van der Waals surface area contributed by atoms with E-state index in [9.17, 15) is 5.11 Å². The van der Waals surface area contributed by atoms with Crippen molar-refractivity contribution < 1.29 is 14.6 Å². The van der Waals surface area contributed by atoms with Gasteiger partial charge in [-0.3, -0.25) is 4.98 Å². The SMILES string of the molecule is COc1ccc(OC)c(-c2cncc(O)c2)c1. The van der Waals surface area contributed by atoms with Crippen LogP contribution in [0, 0.1) is 0 Å². The molecule has 1 N–H and O–H groups in total. The Bertz CT molecular complexity index is 526. The van der Waals surface area contributed by atoms with Crippen molar-refractivity contribution in [1.29, 1.82) is 0 Å². The molecule has 1 heterocycles. The lowest BCUT2D eigenvalue weighted by atomic mass is 10.1. The predicted molar refractivity (Wildman–Crippen MR) is 64.4 cm³/mol. The van der Waals surface area contributed by atoms with Gasteiger partial charge in [-0.1, -0.05) is 0 Å². The van der Waals surface area contributed by atoms with Gasteiger partial charge >= 0.3 is 0 Å². The fraction of sp³-hybridized carbons (Fsp3) is 0.154. The van der Waals surface area contributed by atoms with E-state index in [1.165, 1.54) is 6.20 Å². The average molecular weight is 231 g/mol. The molecular formula is C13H13NO3. The number of rotatable bonds is 3. The van der Waals surface area contributed by atoms with Crippen molar-refractivity contribution in [1.82, 2.24) is 4.98 Å². The Kier molecular flexibility index (Phi) is 3.14. The summed E-state index contributed by atoms with van der Waals surface area (Å²) in [6, 6.07) is 7.11. The molecule has 0 radical (unpaired) electrons. The van der Waals surface area contributed by atoms with Gasteiger partial charge in [0, 0.05) is 17.3 Å². The van der Waals surface area contributed by atoms with Crippen molar-refractivity contribution >= 4 is 0 Å². The standard InChI is InChI=1S/C13H13NO3/c1-16-11-3-4-13(17-2)12(6-11)9-5-10(15)8-14-7-9/h3-8,15H,1-2H3. The highest BCUT2D eigenvalue weighted by molar-refractivity contribution is 5.72. The van der Waals surface area contributed by atoms with Gasteiger partial charge in [-0.05, 0) is 24.3 Å². The third-order valence-corrected chi connectivity index (χ3v) is 2.44. The van der Waals surface area contributed by atoms with E-state index in [1.807, 2.05) is 18.2 Å². The number of ether oxygens (including phenoxy) is 2. The number of pyridine rings is 1. The summed E-state index contributed by atoms with van der Waals surface area (Å²) in [5.41, 5.74) is 1.61. The molecule has 0 spiro atoms. The molecule has 2 aromatic rings. The van der Waals surface area contributed by atoms with Crippen LogP contribution in [-0.2, 0) is 0 Å². The smallest absolute Gasteiger partial charge is 0.134 e. The summed E-state index contributed by atoms with van der Waals surface area (Å²) in [6.45, 7) is 0. The van der Waals surface area contributed by atoms with Crippen LogP contribution in [0.2, 0.25) is 0 Å². The van der Waals surface area contributed by atoms with Gasteiger partial charge in [0.05, 0.1) is 20.4 Å². The van der Waals surface area contributed by atoms with E-state index in [0.29, 0.717) is 5.75 Å². The van der Waals surface area contributed by atoms with Crippen LogP contribution < -0.4 is 9.47 Å². The quantitative estimate of drug-likeness (QED) is 0.881. The van der Waals surface area contributed by atoms with Crippen LogP contribution >= 0.6 is 0 Å². The molecule has 0 amide bonds. The van der Waals surface area contributed by atoms with Crippen molar-refractivity contribution in [2.45, 2.75) is 0 Å². The topological polar surface area (TPSA) is 51.6 Å². The maximum Gasteiger partial charge on any atom is 0.134 e. The fourth-order valence-electron chi connectivity index (χ4n) is 1.61. The van der Waals surface area contributed by atoms with Crippen LogP contribution in [0.5, 0.6) is 17.2 Å². The van der Waals surface area contributed by atoms with E-state index in [0.717, 1.165) is 16.9 Å². The van der Waals surface area contributed by atoms with E-state index in [1.54, 1.807) is 26.5 Å². The van der Waals surface area contributed by atoms with Crippen LogP contribution in [0.1, 0.15) is 0 Å². The van der Waals surface area contributed by atoms with Gasteiger partial charge in [0.15, 0.2) is 0 Å². The summed E-state index contributed by atoms with van der Waals surface area (Å²) < 4.78 is 10.4. The van der Waals surface area contributed by atoms with Gasteiger partial charge in [0.1, 0.15) is 17.2 Å². The minimum absolute atomic E-state index is 0.118. The second-order valence-corrected chi connectivity index (χ2v) is 3.50. The monoisotopic (exact) mass is 231 g/mol. The third-order valence-electron chi connectivity index (χ3n) is 2.44. The highest BCUT2D eigenvalue weighted by atomic mass is 16.5.